The zero-order valence-electron chi connectivity index (χ0n) is 11.0. The Balaban J connectivity index is 2.08. The predicted molar refractivity (Wildman–Crippen MR) is 73.2 cm³/mol. The standard InChI is InChI=1S/C16H14O4/c1-19-12-5-6-13-14(9-16(18)20-15(13)8-12)10-3-2-4-11(17)7-10/h2-8,14,17H,9H2,1H3/t14-/m0/s1. The van der Waals surface area contributed by atoms with Crippen molar-refractivity contribution in [2.45, 2.75) is 12.3 Å². The van der Waals surface area contributed by atoms with E-state index in [2.05, 4.69) is 0 Å². The number of phenolic OH excluding ortho intramolecular Hbond substituents is 1. The van der Waals surface area contributed by atoms with Crippen molar-refractivity contribution in [2.75, 3.05) is 7.11 Å². The fourth-order valence-electron chi connectivity index (χ4n) is 2.50. The van der Waals surface area contributed by atoms with Crippen LogP contribution >= 0.6 is 0 Å². The topological polar surface area (TPSA) is 55.8 Å². The SMILES string of the molecule is COc1ccc2c(c1)OC(=O)C[C@H]2c1cccc(O)c1. The van der Waals surface area contributed by atoms with E-state index in [-0.39, 0.29) is 24.1 Å². The molecule has 1 aliphatic heterocycles. The molecule has 4 heteroatoms. The molecule has 0 spiro atoms. The summed E-state index contributed by atoms with van der Waals surface area (Å²) in [7, 11) is 1.57. The molecule has 4 nitrogen and oxygen atoms in total. The first kappa shape index (κ1) is 12.5. The third-order valence-electron chi connectivity index (χ3n) is 3.46. The van der Waals surface area contributed by atoms with Crippen LogP contribution in [-0.4, -0.2) is 18.2 Å². The summed E-state index contributed by atoms with van der Waals surface area (Å²) in [5, 5.41) is 9.60. The number of phenols is 1. The van der Waals surface area contributed by atoms with Crippen LogP contribution in [0.5, 0.6) is 17.2 Å². The molecule has 0 saturated carbocycles. The molecule has 0 unspecified atom stereocenters. The van der Waals surface area contributed by atoms with Crippen LogP contribution in [0.15, 0.2) is 42.5 Å². The van der Waals surface area contributed by atoms with Gasteiger partial charge in [-0.25, -0.2) is 0 Å². The molecule has 0 fully saturated rings. The van der Waals surface area contributed by atoms with Crippen LogP contribution < -0.4 is 9.47 Å². The molecule has 3 rings (SSSR count). The van der Waals surface area contributed by atoms with Gasteiger partial charge in [0.1, 0.15) is 17.2 Å². The van der Waals surface area contributed by atoms with Crippen molar-refractivity contribution in [3.05, 3.63) is 53.6 Å². The van der Waals surface area contributed by atoms with Gasteiger partial charge in [0.05, 0.1) is 13.5 Å². The second-order valence-corrected chi connectivity index (χ2v) is 4.73. The first-order valence-electron chi connectivity index (χ1n) is 6.35. The van der Waals surface area contributed by atoms with E-state index in [0.717, 1.165) is 11.1 Å². The lowest BCUT2D eigenvalue weighted by Crippen LogP contribution is -2.20. The number of benzene rings is 2. The van der Waals surface area contributed by atoms with E-state index in [1.165, 1.54) is 0 Å². The Morgan fingerprint density at radius 2 is 2.10 bits per heavy atom. The third-order valence-corrected chi connectivity index (χ3v) is 3.46. The number of methoxy groups -OCH3 is 1. The molecule has 0 aromatic heterocycles. The van der Waals surface area contributed by atoms with Crippen molar-refractivity contribution in [1.82, 2.24) is 0 Å². The van der Waals surface area contributed by atoms with Gasteiger partial charge in [0.2, 0.25) is 0 Å². The van der Waals surface area contributed by atoms with E-state index in [1.807, 2.05) is 18.2 Å². The maximum absolute atomic E-state index is 11.8. The van der Waals surface area contributed by atoms with Crippen molar-refractivity contribution >= 4 is 5.97 Å². The number of carbonyl (C=O) groups is 1. The molecule has 0 radical (unpaired) electrons. The summed E-state index contributed by atoms with van der Waals surface area (Å²) in [5.74, 6) is 0.974. The monoisotopic (exact) mass is 270 g/mol. The Bertz CT molecular complexity index is 663. The molecule has 1 atom stereocenters. The number of ether oxygens (including phenoxy) is 2. The van der Waals surface area contributed by atoms with Crippen LogP contribution in [0.3, 0.4) is 0 Å². The second kappa shape index (κ2) is 4.89. The summed E-state index contributed by atoms with van der Waals surface area (Å²) >= 11 is 0. The van der Waals surface area contributed by atoms with Gasteiger partial charge >= 0.3 is 5.97 Å². The van der Waals surface area contributed by atoms with E-state index in [0.29, 0.717) is 11.5 Å². The van der Waals surface area contributed by atoms with Crippen molar-refractivity contribution < 1.29 is 19.4 Å². The predicted octanol–water partition coefficient (Wildman–Crippen LogP) is 2.84. The highest BCUT2D eigenvalue weighted by Crippen LogP contribution is 2.40. The van der Waals surface area contributed by atoms with Crippen LogP contribution in [0.4, 0.5) is 0 Å². The van der Waals surface area contributed by atoms with E-state index in [4.69, 9.17) is 9.47 Å². The van der Waals surface area contributed by atoms with Gasteiger partial charge in [-0.1, -0.05) is 18.2 Å². The molecular formula is C16H14O4. The first-order valence-corrected chi connectivity index (χ1v) is 6.35. The molecule has 2 aromatic rings. The number of carbonyl (C=O) groups excluding carboxylic acids is 1. The van der Waals surface area contributed by atoms with Gasteiger partial charge in [-0.15, -0.1) is 0 Å². The van der Waals surface area contributed by atoms with Gasteiger partial charge in [0.25, 0.3) is 0 Å². The van der Waals surface area contributed by atoms with Crippen LogP contribution in [0.2, 0.25) is 0 Å². The number of esters is 1. The maximum Gasteiger partial charge on any atom is 0.312 e. The molecule has 0 bridgehead atoms. The van der Waals surface area contributed by atoms with Crippen molar-refractivity contribution in [1.29, 1.82) is 0 Å². The average molecular weight is 270 g/mol. The van der Waals surface area contributed by atoms with Gasteiger partial charge in [0.15, 0.2) is 0 Å². The number of fused-ring (bicyclic) bond motifs is 1. The summed E-state index contributed by atoms with van der Waals surface area (Å²) in [6.45, 7) is 0. The largest absolute Gasteiger partial charge is 0.508 e. The summed E-state index contributed by atoms with van der Waals surface area (Å²) in [6.07, 6.45) is 0.267. The molecule has 1 aliphatic rings. The normalized spacial score (nSPS) is 17.2. The minimum Gasteiger partial charge on any atom is -0.508 e. The second-order valence-electron chi connectivity index (χ2n) is 4.73. The molecule has 20 heavy (non-hydrogen) atoms. The highest BCUT2D eigenvalue weighted by atomic mass is 16.5. The molecule has 2 aromatic carbocycles. The fraction of sp³-hybridized carbons (Fsp3) is 0.188. The number of rotatable bonds is 2. The number of hydrogen-bond donors (Lipinski definition) is 1. The van der Waals surface area contributed by atoms with Gasteiger partial charge in [0, 0.05) is 17.5 Å². The van der Waals surface area contributed by atoms with Crippen LogP contribution in [0.25, 0.3) is 0 Å². The Labute approximate surface area is 116 Å². The first-order chi connectivity index (χ1) is 9.67. The highest BCUT2D eigenvalue weighted by Gasteiger charge is 2.28. The zero-order valence-corrected chi connectivity index (χ0v) is 11.0. The fourth-order valence-corrected chi connectivity index (χ4v) is 2.50. The Morgan fingerprint density at radius 3 is 2.85 bits per heavy atom. The molecule has 1 heterocycles. The lowest BCUT2D eigenvalue weighted by molar-refractivity contribution is -0.135. The molecule has 0 saturated heterocycles. The lowest BCUT2D eigenvalue weighted by Gasteiger charge is -2.25. The zero-order chi connectivity index (χ0) is 14.1. The lowest BCUT2D eigenvalue weighted by atomic mass is 9.86. The van der Waals surface area contributed by atoms with E-state index >= 15 is 0 Å². The molecule has 0 aliphatic carbocycles. The summed E-state index contributed by atoms with van der Waals surface area (Å²) in [6, 6.07) is 12.4. The number of aromatic hydroxyl groups is 1. The smallest absolute Gasteiger partial charge is 0.312 e. The Hall–Kier alpha value is -2.49. The van der Waals surface area contributed by atoms with Crippen LogP contribution in [0.1, 0.15) is 23.5 Å². The highest BCUT2D eigenvalue weighted by molar-refractivity contribution is 5.78. The van der Waals surface area contributed by atoms with Gasteiger partial charge < -0.3 is 14.6 Å². The van der Waals surface area contributed by atoms with Crippen LogP contribution in [-0.2, 0) is 4.79 Å². The number of hydrogen-bond acceptors (Lipinski definition) is 4. The van der Waals surface area contributed by atoms with Gasteiger partial charge in [-0.3, -0.25) is 4.79 Å². The minimum atomic E-state index is -0.279. The Morgan fingerprint density at radius 1 is 1.25 bits per heavy atom. The molecular weight excluding hydrogens is 256 g/mol. The molecule has 0 amide bonds. The summed E-state index contributed by atoms with van der Waals surface area (Å²) in [5.41, 5.74) is 1.82. The third kappa shape index (κ3) is 2.20. The maximum atomic E-state index is 11.8. The quantitative estimate of drug-likeness (QED) is 0.673. The van der Waals surface area contributed by atoms with Crippen molar-refractivity contribution in [3.8, 4) is 17.2 Å². The Kier molecular flexibility index (Phi) is 3.06. The van der Waals surface area contributed by atoms with E-state index in [9.17, 15) is 9.90 Å². The van der Waals surface area contributed by atoms with Gasteiger partial charge in [-0.2, -0.15) is 0 Å². The van der Waals surface area contributed by atoms with Crippen molar-refractivity contribution in [2.24, 2.45) is 0 Å². The average Bonchev–Trinajstić information content (AvgIpc) is 2.45. The summed E-state index contributed by atoms with van der Waals surface area (Å²) < 4.78 is 10.4. The molecule has 102 valence electrons. The van der Waals surface area contributed by atoms with Crippen LogP contribution in [0, 0.1) is 0 Å². The summed E-state index contributed by atoms with van der Waals surface area (Å²) in [4.78, 5) is 11.8. The van der Waals surface area contributed by atoms with Crippen molar-refractivity contribution in [3.63, 3.8) is 0 Å². The van der Waals surface area contributed by atoms with E-state index in [1.54, 1.807) is 31.4 Å². The van der Waals surface area contributed by atoms with Gasteiger partial charge in [-0.05, 0) is 23.8 Å². The van der Waals surface area contributed by atoms with E-state index < -0.39 is 0 Å². The minimum absolute atomic E-state index is 0.107. The molecule has 1 N–H and O–H groups in total.